The molecule has 0 amide bonds. The minimum atomic E-state index is -0.436. The summed E-state index contributed by atoms with van der Waals surface area (Å²) in [4.78, 5) is 0.285. The smallest absolute Gasteiger partial charge is 0.0801 e. The molecule has 0 aromatic heterocycles. The Morgan fingerprint density at radius 2 is 1.86 bits per heavy atom. The van der Waals surface area contributed by atoms with Crippen molar-refractivity contribution >= 4 is 43.5 Å². The van der Waals surface area contributed by atoms with E-state index in [9.17, 15) is 5.11 Å². The van der Waals surface area contributed by atoms with Crippen molar-refractivity contribution < 1.29 is 5.11 Å². The Morgan fingerprint density at radius 3 is 2.36 bits per heavy atom. The van der Waals surface area contributed by atoms with Crippen molar-refractivity contribution in [2.75, 3.05) is 5.33 Å². The van der Waals surface area contributed by atoms with Gasteiger partial charge >= 0.3 is 0 Å². The molecule has 1 aromatic carbocycles. The number of aliphatic hydroxyl groups is 1. The molecule has 0 radical (unpaired) electrons. The second-order valence-corrected chi connectivity index (χ2v) is 5.43. The van der Waals surface area contributed by atoms with Gasteiger partial charge in [-0.2, -0.15) is 0 Å². The van der Waals surface area contributed by atoms with Gasteiger partial charge in [-0.05, 0) is 24.1 Å². The maximum Gasteiger partial charge on any atom is 0.0801 e. The Morgan fingerprint density at radius 1 is 1.29 bits per heavy atom. The molecule has 1 N–H and O–H groups in total. The number of hydrogen-bond acceptors (Lipinski definition) is 1. The van der Waals surface area contributed by atoms with E-state index in [0.29, 0.717) is 11.4 Å². The molecule has 2 atom stereocenters. The third kappa shape index (κ3) is 3.89. The van der Waals surface area contributed by atoms with Gasteiger partial charge in [-0.25, -0.2) is 0 Å². The van der Waals surface area contributed by atoms with E-state index >= 15 is 0 Å². The molecule has 4 heteroatoms. The highest BCUT2D eigenvalue weighted by molar-refractivity contribution is 9.12. The highest BCUT2D eigenvalue weighted by Crippen LogP contribution is 2.23. The van der Waals surface area contributed by atoms with Gasteiger partial charge in [0.05, 0.1) is 6.10 Å². The highest BCUT2D eigenvalue weighted by atomic mass is 79.9. The Bertz CT molecular complexity index is 276. The van der Waals surface area contributed by atoms with Crippen LogP contribution in [-0.2, 0) is 0 Å². The molecule has 0 bridgehead atoms. The first kappa shape index (κ1) is 12.5. The molecule has 0 fully saturated rings. The maximum absolute atomic E-state index is 9.82. The Labute approximate surface area is 106 Å². The van der Waals surface area contributed by atoms with Gasteiger partial charge in [0.25, 0.3) is 0 Å². The highest BCUT2D eigenvalue weighted by Gasteiger charge is 2.12. The average Bonchev–Trinajstić information content (AvgIpc) is 2.18. The van der Waals surface area contributed by atoms with Crippen LogP contribution >= 0.6 is 43.5 Å². The summed E-state index contributed by atoms with van der Waals surface area (Å²) < 4.78 is 0. The van der Waals surface area contributed by atoms with Gasteiger partial charge in [-0.15, -0.1) is 0 Å². The standard InChI is InChI=1S/C10H11Br2ClO/c11-6-8(12)5-10(14)7-1-3-9(13)4-2-7/h1-4,8,10,14H,5-6H2/t8?,10-/m1/s1. The number of benzene rings is 1. The van der Waals surface area contributed by atoms with Crippen LogP contribution in [0.1, 0.15) is 18.1 Å². The summed E-state index contributed by atoms with van der Waals surface area (Å²) in [5.74, 6) is 0. The van der Waals surface area contributed by atoms with Crippen LogP contribution in [0.4, 0.5) is 0 Å². The molecule has 1 nitrogen and oxygen atoms in total. The number of rotatable bonds is 4. The van der Waals surface area contributed by atoms with Crippen LogP contribution in [0.25, 0.3) is 0 Å². The van der Waals surface area contributed by atoms with Crippen LogP contribution in [-0.4, -0.2) is 15.3 Å². The zero-order valence-corrected chi connectivity index (χ0v) is 11.4. The third-order valence-electron chi connectivity index (χ3n) is 1.90. The maximum atomic E-state index is 9.82. The summed E-state index contributed by atoms with van der Waals surface area (Å²) in [5.41, 5.74) is 0.903. The molecule has 1 unspecified atom stereocenters. The lowest BCUT2D eigenvalue weighted by Crippen LogP contribution is -2.07. The largest absolute Gasteiger partial charge is 0.388 e. The van der Waals surface area contributed by atoms with Gasteiger partial charge in [0.15, 0.2) is 0 Å². The van der Waals surface area contributed by atoms with E-state index in [1.54, 1.807) is 12.1 Å². The molecule has 0 aliphatic rings. The Kier molecular flexibility index (Phi) is 5.45. The van der Waals surface area contributed by atoms with E-state index in [1.807, 2.05) is 12.1 Å². The number of aliphatic hydroxyl groups excluding tert-OH is 1. The predicted molar refractivity (Wildman–Crippen MR) is 67.5 cm³/mol. The first-order valence-corrected chi connectivity index (χ1v) is 6.68. The topological polar surface area (TPSA) is 20.2 Å². The predicted octanol–water partition coefficient (Wildman–Crippen LogP) is 3.92. The monoisotopic (exact) mass is 340 g/mol. The van der Waals surface area contributed by atoms with Crippen LogP contribution in [0.2, 0.25) is 5.02 Å². The van der Waals surface area contributed by atoms with E-state index in [2.05, 4.69) is 31.9 Å². The molecular weight excluding hydrogens is 331 g/mol. The molecule has 0 heterocycles. The average molecular weight is 342 g/mol. The molecule has 0 saturated heterocycles. The first-order chi connectivity index (χ1) is 6.63. The van der Waals surface area contributed by atoms with Crippen molar-refractivity contribution in [1.82, 2.24) is 0 Å². The van der Waals surface area contributed by atoms with Crippen LogP contribution in [0.15, 0.2) is 24.3 Å². The molecule has 1 aromatic rings. The summed E-state index contributed by atoms with van der Waals surface area (Å²) in [6.07, 6.45) is 0.251. The summed E-state index contributed by atoms with van der Waals surface area (Å²) >= 11 is 12.6. The molecule has 0 aliphatic carbocycles. The number of halogens is 3. The van der Waals surface area contributed by atoms with Gasteiger partial charge in [0.2, 0.25) is 0 Å². The minimum absolute atomic E-state index is 0.285. The molecule has 14 heavy (non-hydrogen) atoms. The zero-order valence-electron chi connectivity index (χ0n) is 7.46. The fourth-order valence-corrected chi connectivity index (χ4v) is 1.87. The van der Waals surface area contributed by atoms with Gasteiger partial charge < -0.3 is 5.11 Å². The summed E-state index contributed by atoms with van der Waals surface area (Å²) in [7, 11) is 0. The van der Waals surface area contributed by atoms with Crippen molar-refractivity contribution in [2.24, 2.45) is 0 Å². The summed E-state index contributed by atoms with van der Waals surface area (Å²) in [6.45, 7) is 0. The van der Waals surface area contributed by atoms with Gasteiger partial charge in [0, 0.05) is 15.2 Å². The second-order valence-electron chi connectivity index (χ2n) is 3.05. The SMILES string of the molecule is O[C@H](CC(Br)CBr)c1ccc(Cl)cc1. The van der Waals surface area contributed by atoms with E-state index in [0.717, 1.165) is 10.9 Å². The zero-order chi connectivity index (χ0) is 10.6. The van der Waals surface area contributed by atoms with E-state index < -0.39 is 6.10 Å². The molecule has 0 aliphatic heterocycles. The Hall–Kier alpha value is 0.430. The summed E-state index contributed by atoms with van der Waals surface area (Å²) in [5, 5.41) is 11.3. The number of alkyl halides is 2. The van der Waals surface area contributed by atoms with Crippen LogP contribution in [0.5, 0.6) is 0 Å². The van der Waals surface area contributed by atoms with Gasteiger partial charge in [-0.1, -0.05) is 55.6 Å². The molecule has 78 valence electrons. The number of hydrogen-bond donors (Lipinski definition) is 1. The van der Waals surface area contributed by atoms with Crippen molar-refractivity contribution in [3.05, 3.63) is 34.9 Å². The van der Waals surface area contributed by atoms with Gasteiger partial charge in [0.1, 0.15) is 0 Å². The molecule has 1 rings (SSSR count). The van der Waals surface area contributed by atoms with E-state index in [-0.39, 0.29) is 4.83 Å². The normalized spacial score (nSPS) is 15.1. The summed E-state index contributed by atoms with van der Waals surface area (Å²) in [6, 6.07) is 7.27. The molecule has 0 saturated carbocycles. The lowest BCUT2D eigenvalue weighted by molar-refractivity contribution is 0.169. The van der Waals surface area contributed by atoms with Gasteiger partial charge in [-0.3, -0.25) is 0 Å². The van der Waals surface area contributed by atoms with Crippen LogP contribution < -0.4 is 0 Å². The lowest BCUT2D eigenvalue weighted by Gasteiger charge is -2.13. The lowest BCUT2D eigenvalue weighted by atomic mass is 10.1. The fourth-order valence-electron chi connectivity index (χ4n) is 1.13. The fraction of sp³-hybridized carbons (Fsp3) is 0.400. The second kappa shape index (κ2) is 6.11. The third-order valence-corrected chi connectivity index (χ3v) is 4.50. The molecule has 0 spiro atoms. The van der Waals surface area contributed by atoms with E-state index in [1.165, 1.54) is 0 Å². The Balaban J connectivity index is 2.60. The quantitative estimate of drug-likeness (QED) is 0.822. The first-order valence-electron chi connectivity index (χ1n) is 4.27. The minimum Gasteiger partial charge on any atom is -0.388 e. The van der Waals surface area contributed by atoms with Crippen LogP contribution in [0.3, 0.4) is 0 Å². The van der Waals surface area contributed by atoms with Crippen molar-refractivity contribution in [1.29, 1.82) is 0 Å². The van der Waals surface area contributed by atoms with Crippen molar-refractivity contribution in [3.63, 3.8) is 0 Å². The van der Waals surface area contributed by atoms with Crippen molar-refractivity contribution in [3.8, 4) is 0 Å². The molecular formula is C10H11Br2ClO. The van der Waals surface area contributed by atoms with E-state index in [4.69, 9.17) is 11.6 Å². The van der Waals surface area contributed by atoms with Crippen molar-refractivity contribution in [2.45, 2.75) is 17.4 Å². The van der Waals surface area contributed by atoms with Crippen LogP contribution in [0, 0.1) is 0 Å².